The van der Waals surface area contributed by atoms with Crippen molar-refractivity contribution in [2.75, 3.05) is 6.61 Å². The first-order valence-corrected chi connectivity index (χ1v) is 7.39. The van der Waals surface area contributed by atoms with Crippen molar-refractivity contribution >= 4 is 0 Å². The molecule has 0 aliphatic carbocycles. The molecule has 3 rings (SSSR count). The van der Waals surface area contributed by atoms with Gasteiger partial charge in [0.15, 0.2) is 0 Å². The van der Waals surface area contributed by atoms with Crippen molar-refractivity contribution in [2.45, 2.75) is 65.1 Å². The number of aromatic nitrogens is 1. The monoisotopic (exact) mass is 264 g/mol. The van der Waals surface area contributed by atoms with E-state index >= 15 is 0 Å². The second kappa shape index (κ2) is 4.60. The van der Waals surface area contributed by atoms with E-state index in [1.165, 1.54) is 18.4 Å². The summed E-state index contributed by atoms with van der Waals surface area (Å²) in [7, 11) is 0. The largest absolute Gasteiger partial charge is 0.396 e. The smallest absolute Gasteiger partial charge is 0.138 e. The molecule has 1 aromatic heterocycles. The van der Waals surface area contributed by atoms with Crippen molar-refractivity contribution < 1.29 is 9.63 Å². The van der Waals surface area contributed by atoms with Gasteiger partial charge in [-0.1, -0.05) is 12.1 Å². The van der Waals surface area contributed by atoms with Crippen LogP contribution in [0.1, 0.15) is 49.6 Å². The second-order valence-electron chi connectivity index (χ2n) is 6.30. The lowest BCUT2D eigenvalue weighted by Gasteiger charge is -2.35. The topological polar surface area (TPSA) is 49.5 Å². The van der Waals surface area contributed by atoms with Gasteiger partial charge in [0, 0.05) is 29.6 Å². The lowest BCUT2D eigenvalue weighted by molar-refractivity contribution is 0.0712. The van der Waals surface area contributed by atoms with E-state index in [1.54, 1.807) is 0 Å². The minimum Gasteiger partial charge on any atom is -0.396 e. The highest BCUT2D eigenvalue weighted by Gasteiger charge is 2.54. The average molecular weight is 264 g/mol. The Hall–Kier alpha value is -0.870. The summed E-state index contributed by atoms with van der Waals surface area (Å²) < 4.78 is 5.28. The molecule has 1 aromatic rings. The molecule has 0 unspecified atom stereocenters. The molecule has 2 aliphatic rings. The van der Waals surface area contributed by atoms with Crippen LogP contribution in [0.2, 0.25) is 0 Å². The zero-order chi connectivity index (χ0) is 13.6. The van der Waals surface area contributed by atoms with Gasteiger partial charge in [0.25, 0.3) is 0 Å². The summed E-state index contributed by atoms with van der Waals surface area (Å²) in [5.74, 6) is 0.940. The summed E-state index contributed by atoms with van der Waals surface area (Å²) in [5, 5.41) is 13.9. The van der Waals surface area contributed by atoms with Gasteiger partial charge in [-0.2, -0.15) is 0 Å². The molecule has 2 aliphatic heterocycles. The SMILES string of the molecule is CC[C@@]1(CO)C[C@@H]2CC[C@H]1N2Cc1c(C)noc1C. The fraction of sp³-hybridized carbons (Fsp3) is 0.800. The molecule has 1 N–H and O–H groups in total. The fourth-order valence-corrected chi connectivity index (χ4v) is 4.23. The first kappa shape index (κ1) is 13.1. The normalized spacial score (nSPS) is 34.3. The zero-order valence-corrected chi connectivity index (χ0v) is 12.1. The predicted octanol–water partition coefficient (Wildman–Crippen LogP) is 2.42. The summed E-state index contributed by atoms with van der Waals surface area (Å²) in [6.45, 7) is 7.47. The van der Waals surface area contributed by atoms with E-state index in [0.29, 0.717) is 18.7 Å². The quantitative estimate of drug-likeness (QED) is 0.907. The Kier molecular flexibility index (Phi) is 3.18. The van der Waals surface area contributed by atoms with Crippen LogP contribution in [0.4, 0.5) is 0 Å². The molecule has 0 aromatic carbocycles. The van der Waals surface area contributed by atoms with E-state index < -0.39 is 0 Å². The van der Waals surface area contributed by atoms with E-state index in [1.807, 2.05) is 13.8 Å². The molecule has 3 heterocycles. The molecule has 2 saturated heterocycles. The van der Waals surface area contributed by atoms with Gasteiger partial charge in [-0.25, -0.2) is 0 Å². The van der Waals surface area contributed by atoms with Crippen molar-refractivity contribution in [3.05, 3.63) is 17.0 Å². The van der Waals surface area contributed by atoms with Crippen LogP contribution in [-0.4, -0.2) is 33.9 Å². The van der Waals surface area contributed by atoms with E-state index in [9.17, 15) is 5.11 Å². The van der Waals surface area contributed by atoms with Gasteiger partial charge < -0.3 is 9.63 Å². The van der Waals surface area contributed by atoms with E-state index in [0.717, 1.165) is 30.8 Å². The van der Waals surface area contributed by atoms with Crippen LogP contribution in [0.25, 0.3) is 0 Å². The molecule has 3 atom stereocenters. The molecule has 0 saturated carbocycles. The molecule has 0 spiro atoms. The Labute approximate surface area is 114 Å². The molecule has 0 amide bonds. The predicted molar refractivity (Wildman–Crippen MR) is 72.8 cm³/mol. The number of nitrogens with zero attached hydrogens (tertiary/aromatic N) is 2. The highest BCUT2D eigenvalue weighted by molar-refractivity contribution is 5.22. The van der Waals surface area contributed by atoms with Crippen molar-refractivity contribution in [3.8, 4) is 0 Å². The molecule has 4 heteroatoms. The minimum absolute atomic E-state index is 0.127. The van der Waals surface area contributed by atoms with Crippen molar-refractivity contribution in [3.63, 3.8) is 0 Å². The maximum atomic E-state index is 9.83. The van der Waals surface area contributed by atoms with Gasteiger partial charge in [-0.15, -0.1) is 0 Å². The number of aliphatic hydroxyl groups is 1. The summed E-state index contributed by atoms with van der Waals surface area (Å²) in [6.07, 6.45) is 4.72. The summed E-state index contributed by atoms with van der Waals surface area (Å²) >= 11 is 0. The van der Waals surface area contributed by atoms with E-state index in [-0.39, 0.29) is 5.41 Å². The summed E-state index contributed by atoms with van der Waals surface area (Å²) in [4.78, 5) is 2.59. The van der Waals surface area contributed by atoms with Crippen LogP contribution in [-0.2, 0) is 6.54 Å². The first-order chi connectivity index (χ1) is 9.11. The molecule has 19 heavy (non-hydrogen) atoms. The lowest BCUT2D eigenvalue weighted by Crippen LogP contribution is -2.39. The van der Waals surface area contributed by atoms with Gasteiger partial charge >= 0.3 is 0 Å². The first-order valence-electron chi connectivity index (χ1n) is 7.39. The molecular weight excluding hydrogens is 240 g/mol. The number of hydrogen-bond acceptors (Lipinski definition) is 4. The van der Waals surface area contributed by atoms with E-state index in [2.05, 4.69) is 17.0 Å². The van der Waals surface area contributed by atoms with Crippen LogP contribution < -0.4 is 0 Å². The number of aliphatic hydroxyl groups excluding tert-OH is 1. The van der Waals surface area contributed by atoms with E-state index in [4.69, 9.17) is 4.52 Å². The third-order valence-electron chi connectivity index (χ3n) is 5.53. The standard InChI is InChI=1S/C15H24N2O2/c1-4-15(9-18)7-12-5-6-14(15)17(12)8-13-10(2)16-19-11(13)3/h12,14,18H,4-9H2,1-3H3/t12-,14+,15-/m0/s1. The molecule has 0 radical (unpaired) electrons. The van der Waals surface area contributed by atoms with Crippen molar-refractivity contribution in [2.24, 2.45) is 5.41 Å². The van der Waals surface area contributed by atoms with Crippen LogP contribution in [0.15, 0.2) is 4.52 Å². The Morgan fingerprint density at radius 1 is 1.42 bits per heavy atom. The zero-order valence-electron chi connectivity index (χ0n) is 12.1. The summed E-state index contributed by atoms with van der Waals surface area (Å²) in [5.41, 5.74) is 2.37. The molecular formula is C15H24N2O2. The third kappa shape index (κ3) is 1.84. The Balaban J connectivity index is 1.84. The molecule has 2 fully saturated rings. The average Bonchev–Trinajstić information content (AvgIpc) is 3.06. The second-order valence-corrected chi connectivity index (χ2v) is 6.30. The van der Waals surface area contributed by atoms with Crippen LogP contribution in [0.3, 0.4) is 0 Å². The summed E-state index contributed by atoms with van der Waals surface area (Å²) in [6, 6.07) is 1.16. The van der Waals surface area contributed by atoms with Gasteiger partial charge in [-0.3, -0.25) is 4.90 Å². The molecule has 106 valence electrons. The van der Waals surface area contributed by atoms with Crippen molar-refractivity contribution in [1.82, 2.24) is 10.1 Å². The number of fused-ring (bicyclic) bond motifs is 2. The van der Waals surface area contributed by atoms with Gasteiger partial charge in [0.05, 0.1) is 12.3 Å². The highest BCUT2D eigenvalue weighted by atomic mass is 16.5. The maximum Gasteiger partial charge on any atom is 0.138 e. The van der Waals surface area contributed by atoms with Gasteiger partial charge in [0.2, 0.25) is 0 Å². The van der Waals surface area contributed by atoms with Crippen LogP contribution >= 0.6 is 0 Å². The van der Waals surface area contributed by atoms with Gasteiger partial charge in [-0.05, 0) is 39.5 Å². The van der Waals surface area contributed by atoms with Crippen LogP contribution in [0.5, 0.6) is 0 Å². The third-order valence-corrected chi connectivity index (χ3v) is 5.53. The number of aryl methyl sites for hydroxylation is 2. The minimum atomic E-state index is 0.127. The Bertz CT molecular complexity index is 445. The maximum absolute atomic E-state index is 9.83. The van der Waals surface area contributed by atoms with Crippen LogP contribution in [0, 0.1) is 19.3 Å². The highest BCUT2D eigenvalue weighted by Crippen LogP contribution is 2.52. The molecule has 2 bridgehead atoms. The Morgan fingerprint density at radius 3 is 2.74 bits per heavy atom. The van der Waals surface area contributed by atoms with Crippen molar-refractivity contribution in [1.29, 1.82) is 0 Å². The lowest BCUT2D eigenvalue weighted by atomic mass is 9.72. The number of hydrogen-bond donors (Lipinski definition) is 1. The number of rotatable bonds is 4. The Morgan fingerprint density at radius 2 is 2.21 bits per heavy atom. The molecule has 4 nitrogen and oxygen atoms in total. The van der Waals surface area contributed by atoms with Gasteiger partial charge in [0.1, 0.15) is 5.76 Å². The fourth-order valence-electron chi connectivity index (χ4n) is 4.23.